The largest absolute Gasteiger partial charge is 0.449 e. The summed E-state index contributed by atoms with van der Waals surface area (Å²) < 4.78 is 11.2. The van der Waals surface area contributed by atoms with Crippen LogP contribution in [0.3, 0.4) is 0 Å². The topological polar surface area (TPSA) is 71.8 Å². The van der Waals surface area contributed by atoms with E-state index >= 15 is 0 Å². The van der Waals surface area contributed by atoms with Gasteiger partial charge in [-0.15, -0.1) is 0 Å². The standard InChI is InChI=1S/C25H28N2O4/c1-17(2)15-18-7-9-19(10-8-18)16-22(28)26-23-20-5-3-4-6-21(20)31-24(23)25(29)27-11-13-30-14-12-27/h3-10,17H,11-16H2,1-2H3,(H,26,28). The van der Waals surface area contributed by atoms with E-state index in [-0.39, 0.29) is 24.0 Å². The molecular formula is C25H28N2O4. The van der Waals surface area contributed by atoms with E-state index in [9.17, 15) is 9.59 Å². The van der Waals surface area contributed by atoms with Gasteiger partial charge in [0.2, 0.25) is 11.7 Å². The highest BCUT2D eigenvalue weighted by molar-refractivity contribution is 6.11. The second kappa shape index (κ2) is 9.35. The lowest BCUT2D eigenvalue weighted by atomic mass is 10.0. The summed E-state index contributed by atoms with van der Waals surface area (Å²) in [5, 5.41) is 3.66. The van der Waals surface area contributed by atoms with Crippen LogP contribution < -0.4 is 5.32 Å². The van der Waals surface area contributed by atoms with Crippen LogP contribution in [0.5, 0.6) is 0 Å². The Hall–Kier alpha value is -3.12. The molecule has 0 spiro atoms. The molecule has 4 rings (SSSR count). The summed E-state index contributed by atoms with van der Waals surface area (Å²) in [7, 11) is 0. The van der Waals surface area contributed by atoms with Crippen molar-refractivity contribution >= 4 is 28.5 Å². The Morgan fingerprint density at radius 2 is 1.68 bits per heavy atom. The maximum atomic E-state index is 13.1. The van der Waals surface area contributed by atoms with E-state index in [0.29, 0.717) is 43.5 Å². The summed E-state index contributed by atoms with van der Waals surface area (Å²) in [6.45, 7) is 6.39. The molecule has 3 aromatic rings. The average Bonchev–Trinajstić information content (AvgIpc) is 3.13. The van der Waals surface area contributed by atoms with Crippen LogP contribution >= 0.6 is 0 Å². The molecule has 0 unspecified atom stereocenters. The molecule has 0 atom stereocenters. The van der Waals surface area contributed by atoms with Crippen LogP contribution in [0.25, 0.3) is 11.0 Å². The maximum Gasteiger partial charge on any atom is 0.291 e. The van der Waals surface area contributed by atoms with Crippen LogP contribution in [0.4, 0.5) is 5.69 Å². The number of anilines is 1. The van der Waals surface area contributed by atoms with Crippen molar-refractivity contribution in [2.45, 2.75) is 26.7 Å². The first-order valence-corrected chi connectivity index (χ1v) is 10.8. The molecule has 1 fully saturated rings. The van der Waals surface area contributed by atoms with E-state index in [0.717, 1.165) is 17.4 Å². The van der Waals surface area contributed by atoms with Gasteiger partial charge in [0.15, 0.2) is 0 Å². The molecule has 6 nitrogen and oxygen atoms in total. The lowest BCUT2D eigenvalue weighted by molar-refractivity contribution is -0.115. The molecule has 0 aliphatic carbocycles. The molecule has 1 aliphatic heterocycles. The van der Waals surface area contributed by atoms with E-state index in [1.807, 2.05) is 30.3 Å². The van der Waals surface area contributed by atoms with Crippen molar-refractivity contribution in [1.82, 2.24) is 4.90 Å². The molecule has 1 N–H and O–H groups in total. The van der Waals surface area contributed by atoms with Crippen LogP contribution in [0.1, 0.15) is 35.5 Å². The predicted octanol–water partition coefficient (Wildman–Crippen LogP) is 4.28. The second-order valence-corrected chi connectivity index (χ2v) is 8.35. The zero-order valence-electron chi connectivity index (χ0n) is 18.0. The Bertz CT molecular complexity index is 1060. The molecule has 0 bridgehead atoms. The van der Waals surface area contributed by atoms with Gasteiger partial charge in [0.25, 0.3) is 5.91 Å². The quantitative estimate of drug-likeness (QED) is 0.646. The van der Waals surface area contributed by atoms with Gasteiger partial charge in [0, 0.05) is 18.5 Å². The van der Waals surface area contributed by atoms with Crippen molar-refractivity contribution in [3.63, 3.8) is 0 Å². The van der Waals surface area contributed by atoms with Gasteiger partial charge >= 0.3 is 0 Å². The Labute approximate surface area is 182 Å². The fraction of sp³-hybridized carbons (Fsp3) is 0.360. The fourth-order valence-electron chi connectivity index (χ4n) is 3.86. The van der Waals surface area contributed by atoms with Gasteiger partial charge in [0.05, 0.1) is 19.6 Å². The van der Waals surface area contributed by atoms with Crippen LogP contribution in [0, 0.1) is 5.92 Å². The summed E-state index contributed by atoms with van der Waals surface area (Å²) in [6.07, 6.45) is 1.24. The first-order chi connectivity index (χ1) is 15.0. The predicted molar refractivity (Wildman–Crippen MR) is 120 cm³/mol. The molecule has 1 aromatic heterocycles. The number of fused-ring (bicyclic) bond motifs is 1. The molecule has 0 saturated carbocycles. The van der Waals surface area contributed by atoms with Crippen molar-refractivity contribution in [2.24, 2.45) is 5.92 Å². The average molecular weight is 421 g/mol. The van der Waals surface area contributed by atoms with Gasteiger partial charge in [0.1, 0.15) is 11.3 Å². The molecule has 162 valence electrons. The van der Waals surface area contributed by atoms with Gasteiger partial charge in [-0.3, -0.25) is 9.59 Å². The zero-order valence-corrected chi connectivity index (χ0v) is 18.0. The first kappa shape index (κ1) is 21.1. The summed E-state index contributed by atoms with van der Waals surface area (Å²) in [5.41, 5.74) is 3.21. The van der Waals surface area contributed by atoms with Gasteiger partial charge < -0.3 is 19.4 Å². The number of nitrogens with one attached hydrogen (secondary N) is 1. The minimum atomic E-state index is -0.229. The van der Waals surface area contributed by atoms with Gasteiger partial charge in [-0.2, -0.15) is 0 Å². The Morgan fingerprint density at radius 3 is 2.39 bits per heavy atom. The smallest absolute Gasteiger partial charge is 0.291 e. The third-order valence-electron chi connectivity index (χ3n) is 5.38. The van der Waals surface area contributed by atoms with Crippen LogP contribution in [0.2, 0.25) is 0 Å². The minimum Gasteiger partial charge on any atom is -0.449 e. The van der Waals surface area contributed by atoms with E-state index < -0.39 is 0 Å². The number of nitrogens with zero attached hydrogens (tertiary/aromatic N) is 1. The summed E-state index contributed by atoms with van der Waals surface area (Å²) in [5.74, 6) is 0.349. The van der Waals surface area contributed by atoms with Crippen LogP contribution in [-0.4, -0.2) is 43.0 Å². The van der Waals surface area contributed by atoms with E-state index in [1.54, 1.807) is 11.0 Å². The normalized spacial score (nSPS) is 14.2. The molecule has 1 saturated heterocycles. The highest BCUT2D eigenvalue weighted by Gasteiger charge is 2.27. The third-order valence-corrected chi connectivity index (χ3v) is 5.38. The number of benzene rings is 2. The number of ether oxygens (including phenoxy) is 1. The van der Waals surface area contributed by atoms with E-state index in [1.165, 1.54) is 5.56 Å². The molecule has 0 radical (unpaired) electrons. The molecule has 2 aromatic carbocycles. The van der Waals surface area contributed by atoms with Crippen molar-refractivity contribution in [3.05, 3.63) is 65.4 Å². The Morgan fingerprint density at radius 1 is 1.00 bits per heavy atom. The zero-order chi connectivity index (χ0) is 21.8. The number of furan rings is 1. The minimum absolute atomic E-state index is 0.170. The number of para-hydroxylation sites is 1. The van der Waals surface area contributed by atoms with Gasteiger partial charge in [-0.05, 0) is 35.6 Å². The third kappa shape index (κ3) is 4.97. The SMILES string of the molecule is CC(C)Cc1ccc(CC(=O)Nc2c(C(=O)N3CCOCC3)oc3ccccc23)cc1. The van der Waals surface area contributed by atoms with Gasteiger partial charge in [-0.25, -0.2) is 0 Å². The number of carbonyl (C=O) groups is 2. The lowest BCUT2D eigenvalue weighted by Crippen LogP contribution is -2.40. The van der Waals surface area contributed by atoms with E-state index in [4.69, 9.17) is 9.15 Å². The Kier molecular flexibility index (Phi) is 6.37. The van der Waals surface area contributed by atoms with Crippen molar-refractivity contribution < 1.29 is 18.7 Å². The molecule has 1 aliphatic rings. The molecule has 2 amide bonds. The maximum absolute atomic E-state index is 13.1. The number of hydrogen-bond donors (Lipinski definition) is 1. The first-order valence-electron chi connectivity index (χ1n) is 10.8. The van der Waals surface area contributed by atoms with Crippen molar-refractivity contribution in [2.75, 3.05) is 31.6 Å². The number of rotatable bonds is 6. The molecular weight excluding hydrogens is 392 g/mol. The van der Waals surface area contributed by atoms with E-state index in [2.05, 4.69) is 31.3 Å². The van der Waals surface area contributed by atoms with Crippen LogP contribution in [-0.2, 0) is 22.4 Å². The van der Waals surface area contributed by atoms with Crippen molar-refractivity contribution in [3.8, 4) is 0 Å². The lowest BCUT2D eigenvalue weighted by Gasteiger charge is -2.26. The Balaban J connectivity index is 1.54. The molecule has 2 heterocycles. The number of carbonyl (C=O) groups excluding carboxylic acids is 2. The highest BCUT2D eigenvalue weighted by atomic mass is 16.5. The molecule has 31 heavy (non-hydrogen) atoms. The monoisotopic (exact) mass is 420 g/mol. The summed E-state index contributed by atoms with van der Waals surface area (Å²) >= 11 is 0. The molecule has 6 heteroatoms. The highest BCUT2D eigenvalue weighted by Crippen LogP contribution is 2.32. The summed E-state index contributed by atoms with van der Waals surface area (Å²) in [4.78, 5) is 27.6. The summed E-state index contributed by atoms with van der Waals surface area (Å²) in [6, 6.07) is 15.5. The number of morpholine rings is 1. The van der Waals surface area contributed by atoms with Gasteiger partial charge in [-0.1, -0.05) is 50.2 Å². The second-order valence-electron chi connectivity index (χ2n) is 8.35. The number of hydrogen-bond acceptors (Lipinski definition) is 4. The van der Waals surface area contributed by atoms with Crippen molar-refractivity contribution in [1.29, 1.82) is 0 Å². The number of amides is 2. The van der Waals surface area contributed by atoms with Crippen LogP contribution in [0.15, 0.2) is 52.9 Å². The fourth-order valence-corrected chi connectivity index (χ4v) is 3.86.